The first-order valence-corrected chi connectivity index (χ1v) is 8.94. The molecule has 130 valence electrons. The summed E-state index contributed by atoms with van der Waals surface area (Å²) in [4.78, 5) is 28.1. The molecule has 1 aromatic rings. The van der Waals surface area contributed by atoms with E-state index in [2.05, 4.69) is 10.6 Å². The van der Waals surface area contributed by atoms with Gasteiger partial charge in [-0.25, -0.2) is 9.59 Å². The summed E-state index contributed by atoms with van der Waals surface area (Å²) in [6, 6.07) is 7.22. The molecule has 2 N–H and O–H groups in total. The van der Waals surface area contributed by atoms with Crippen LogP contribution in [0.1, 0.15) is 38.5 Å². The smallest absolute Gasteiger partial charge is 0.321 e. The maximum absolute atomic E-state index is 12.2. The average molecular weight is 330 g/mol. The molecule has 0 atom stereocenters. The minimum Gasteiger partial charge on any atom is -0.325 e. The van der Waals surface area contributed by atoms with Crippen LogP contribution in [0.25, 0.3) is 0 Å². The van der Waals surface area contributed by atoms with Crippen LogP contribution in [0.3, 0.4) is 0 Å². The van der Waals surface area contributed by atoms with E-state index in [-0.39, 0.29) is 12.1 Å². The Morgan fingerprint density at radius 1 is 0.625 bits per heavy atom. The lowest BCUT2D eigenvalue weighted by Gasteiger charge is -2.27. The van der Waals surface area contributed by atoms with Crippen molar-refractivity contribution < 1.29 is 9.59 Å². The lowest BCUT2D eigenvalue weighted by Crippen LogP contribution is -2.39. The van der Waals surface area contributed by atoms with Crippen LogP contribution in [-0.2, 0) is 0 Å². The maximum atomic E-state index is 12.2. The fourth-order valence-corrected chi connectivity index (χ4v) is 3.24. The fourth-order valence-electron chi connectivity index (χ4n) is 3.24. The van der Waals surface area contributed by atoms with Crippen molar-refractivity contribution in [1.82, 2.24) is 9.80 Å². The summed E-state index contributed by atoms with van der Waals surface area (Å²) in [5.41, 5.74) is 1.50. The van der Waals surface area contributed by atoms with Crippen molar-refractivity contribution in [3.05, 3.63) is 24.3 Å². The first kappa shape index (κ1) is 16.6. The predicted octanol–water partition coefficient (Wildman–Crippen LogP) is 3.72. The van der Waals surface area contributed by atoms with Crippen LogP contribution < -0.4 is 10.6 Å². The van der Waals surface area contributed by atoms with Gasteiger partial charge in [0.25, 0.3) is 0 Å². The van der Waals surface area contributed by atoms with E-state index in [1.54, 1.807) is 0 Å². The number of piperidine rings is 2. The summed E-state index contributed by atoms with van der Waals surface area (Å²) < 4.78 is 0. The lowest BCUT2D eigenvalue weighted by atomic mass is 10.1. The third-order valence-corrected chi connectivity index (χ3v) is 4.67. The molecule has 2 aliphatic heterocycles. The first-order valence-electron chi connectivity index (χ1n) is 8.94. The van der Waals surface area contributed by atoms with Crippen molar-refractivity contribution in [2.75, 3.05) is 36.8 Å². The highest BCUT2D eigenvalue weighted by Crippen LogP contribution is 2.17. The van der Waals surface area contributed by atoms with E-state index in [1.165, 1.54) is 12.8 Å². The monoisotopic (exact) mass is 330 g/mol. The molecule has 6 heteroatoms. The Balaban J connectivity index is 1.51. The fraction of sp³-hybridized carbons (Fsp3) is 0.556. The molecule has 2 heterocycles. The van der Waals surface area contributed by atoms with Crippen LogP contribution in [-0.4, -0.2) is 48.0 Å². The number of carbonyl (C=O) groups is 2. The molecule has 0 aromatic heterocycles. The molecule has 0 radical (unpaired) electrons. The number of hydrogen-bond donors (Lipinski definition) is 2. The Kier molecular flexibility index (Phi) is 5.56. The molecule has 3 rings (SSSR count). The van der Waals surface area contributed by atoms with Gasteiger partial charge in [-0.1, -0.05) is 0 Å². The quantitative estimate of drug-likeness (QED) is 0.868. The molecule has 4 amide bonds. The first-order chi connectivity index (χ1) is 11.7. The predicted molar refractivity (Wildman–Crippen MR) is 95.3 cm³/mol. The number of nitrogens with one attached hydrogen (secondary N) is 2. The number of hydrogen-bond acceptors (Lipinski definition) is 2. The number of carbonyl (C=O) groups excluding carboxylic acids is 2. The van der Waals surface area contributed by atoms with Gasteiger partial charge in [-0.15, -0.1) is 0 Å². The highest BCUT2D eigenvalue weighted by molar-refractivity contribution is 5.91. The van der Waals surface area contributed by atoms with Gasteiger partial charge in [-0.05, 0) is 62.8 Å². The SMILES string of the molecule is O=C(Nc1ccc(NC(=O)N2CCCCC2)cc1)N1CCCCC1. The van der Waals surface area contributed by atoms with Crippen molar-refractivity contribution >= 4 is 23.4 Å². The molecular weight excluding hydrogens is 304 g/mol. The second-order valence-electron chi connectivity index (χ2n) is 6.53. The van der Waals surface area contributed by atoms with Crippen LogP contribution >= 0.6 is 0 Å². The highest BCUT2D eigenvalue weighted by atomic mass is 16.2. The molecule has 1 aromatic carbocycles. The number of amides is 4. The highest BCUT2D eigenvalue weighted by Gasteiger charge is 2.17. The summed E-state index contributed by atoms with van der Waals surface area (Å²) in [5, 5.41) is 5.84. The molecule has 2 fully saturated rings. The van der Waals surface area contributed by atoms with Crippen molar-refractivity contribution in [2.24, 2.45) is 0 Å². The summed E-state index contributed by atoms with van der Waals surface area (Å²) in [5.74, 6) is 0. The third-order valence-electron chi connectivity index (χ3n) is 4.67. The van der Waals surface area contributed by atoms with Crippen LogP contribution in [0.5, 0.6) is 0 Å². The van der Waals surface area contributed by atoms with E-state index in [9.17, 15) is 9.59 Å². The van der Waals surface area contributed by atoms with Crippen molar-refractivity contribution in [3.8, 4) is 0 Å². The Morgan fingerprint density at radius 2 is 0.958 bits per heavy atom. The summed E-state index contributed by atoms with van der Waals surface area (Å²) in [6.07, 6.45) is 6.72. The number of benzene rings is 1. The summed E-state index contributed by atoms with van der Waals surface area (Å²) >= 11 is 0. The molecule has 0 saturated carbocycles. The van der Waals surface area contributed by atoms with E-state index in [4.69, 9.17) is 0 Å². The van der Waals surface area contributed by atoms with E-state index < -0.39 is 0 Å². The number of likely N-dealkylation sites (tertiary alicyclic amines) is 2. The van der Waals surface area contributed by atoms with Crippen LogP contribution in [0, 0.1) is 0 Å². The Bertz CT molecular complexity index is 510. The topological polar surface area (TPSA) is 64.7 Å². The number of rotatable bonds is 2. The Labute approximate surface area is 143 Å². The minimum absolute atomic E-state index is 0.0418. The zero-order valence-corrected chi connectivity index (χ0v) is 14.1. The van der Waals surface area contributed by atoms with E-state index in [0.29, 0.717) is 0 Å². The molecule has 0 spiro atoms. The van der Waals surface area contributed by atoms with Gasteiger partial charge >= 0.3 is 12.1 Å². The minimum atomic E-state index is -0.0418. The Hall–Kier alpha value is -2.24. The normalized spacial score (nSPS) is 18.2. The van der Waals surface area contributed by atoms with E-state index in [1.807, 2.05) is 34.1 Å². The molecule has 0 bridgehead atoms. The van der Waals surface area contributed by atoms with Crippen LogP contribution in [0.15, 0.2) is 24.3 Å². The van der Waals surface area contributed by atoms with Gasteiger partial charge in [-0.2, -0.15) is 0 Å². The van der Waals surface area contributed by atoms with Crippen molar-refractivity contribution in [2.45, 2.75) is 38.5 Å². The van der Waals surface area contributed by atoms with Gasteiger partial charge < -0.3 is 20.4 Å². The number of urea groups is 2. The third kappa shape index (κ3) is 4.40. The summed E-state index contributed by atoms with van der Waals surface area (Å²) in [6.45, 7) is 3.32. The molecule has 24 heavy (non-hydrogen) atoms. The van der Waals surface area contributed by atoms with Gasteiger partial charge in [0, 0.05) is 37.6 Å². The molecule has 0 aliphatic carbocycles. The number of anilines is 2. The standard InChI is InChI=1S/C18H26N4O2/c23-17(21-11-3-1-4-12-21)19-15-7-9-16(10-8-15)20-18(24)22-13-5-2-6-14-22/h7-10H,1-6,11-14H2,(H,19,23)(H,20,24). The van der Waals surface area contributed by atoms with Crippen molar-refractivity contribution in [3.63, 3.8) is 0 Å². The molecule has 2 saturated heterocycles. The largest absolute Gasteiger partial charge is 0.325 e. The van der Waals surface area contributed by atoms with E-state index >= 15 is 0 Å². The molecule has 0 unspecified atom stereocenters. The van der Waals surface area contributed by atoms with Gasteiger partial charge in [0.15, 0.2) is 0 Å². The van der Waals surface area contributed by atoms with Gasteiger partial charge in [-0.3, -0.25) is 0 Å². The van der Waals surface area contributed by atoms with E-state index in [0.717, 1.165) is 63.2 Å². The molecule has 2 aliphatic rings. The Morgan fingerprint density at radius 3 is 1.29 bits per heavy atom. The second-order valence-corrected chi connectivity index (χ2v) is 6.53. The molecular formula is C18H26N4O2. The zero-order chi connectivity index (χ0) is 16.8. The molecule has 6 nitrogen and oxygen atoms in total. The van der Waals surface area contributed by atoms with Crippen LogP contribution in [0.2, 0.25) is 0 Å². The van der Waals surface area contributed by atoms with Crippen molar-refractivity contribution in [1.29, 1.82) is 0 Å². The maximum Gasteiger partial charge on any atom is 0.321 e. The average Bonchev–Trinajstić information content (AvgIpc) is 2.65. The summed E-state index contributed by atoms with van der Waals surface area (Å²) in [7, 11) is 0. The lowest BCUT2D eigenvalue weighted by molar-refractivity contribution is 0.199. The van der Waals surface area contributed by atoms with Gasteiger partial charge in [0.1, 0.15) is 0 Å². The number of nitrogens with zero attached hydrogens (tertiary/aromatic N) is 2. The van der Waals surface area contributed by atoms with Crippen LogP contribution in [0.4, 0.5) is 21.0 Å². The zero-order valence-electron chi connectivity index (χ0n) is 14.1. The van der Waals surface area contributed by atoms with Gasteiger partial charge in [0.2, 0.25) is 0 Å². The van der Waals surface area contributed by atoms with Gasteiger partial charge in [0.05, 0.1) is 0 Å². The second kappa shape index (κ2) is 8.04.